The molecule has 8 aromatic carbocycles. The zero-order valence-electron chi connectivity index (χ0n) is 47.0. The molecule has 23 heteroatoms. The van der Waals surface area contributed by atoms with Gasteiger partial charge in [-0.1, -0.05) is 109 Å². The minimum absolute atomic E-state index is 0.0146. The molecule has 8 aromatic rings. The van der Waals surface area contributed by atoms with Crippen LogP contribution in [-0.2, 0) is 40.9 Å². The topological polar surface area (TPSA) is 129 Å². The second-order valence-electron chi connectivity index (χ2n) is 21.2. The molecule has 0 heterocycles. The van der Waals surface area contributed by atoms with E-state index in [4.69, 9.17) is 19.7 Å². The van der Waals surface area contributed by atoms with Crippen LogP contribution in [0.25, 0.3) is 0 Å². The number of aromatic hydroxyl groups is 2. The largest absolute Gasteiger partial charge is 0.514 e. The first-order valence-electron chi connectivity index (χ1n) is 27.2. The molecule has 4 aliphatic rings. The zero-order chi connectivity index (χ0) is 64.4. The fraction of sp³-hybridized carbons (Fsp3) is 0.227. The van der Waals surface area contributed by atoms with E-state index in [1.165, 1.54) is 29.4 Å². The van der Waals surface area contributed by atoms with Crippen LogP contribution in [0.2, 0.25) is 0 Å². The molecule has 0 spiro atoms. The molecule has 466 valence electrons. The zero-order valence-corrected chi connectivity index (χ0v) is 48.7. The number of rotatable bonds is 13. The number of alkyl halides is 4. The van der Waals surface area contributed by atoms with Gasteiger partial charge in [0.15, 0.2) is 40.9 Å². The summed E-state index contributed by atoms with van der Waals surface area (Å²) in [6.07, 6.45) is 1.15. The molecule has 0 amide bonds. The van der Waals surface area contributed by atoms with Gasteiger partial charge in [-0.05, 0) is 123 Å². The normalized spacial score (nSPS) is 18.1. The summed E-state index contributed by atoms with van der Waals surface area (Å²) in [5.74, 6) is -37.0. The van der Waals surface area contributed by atoms with Crippen LogP contribution in [0.1, 0.15) is 52.4 Å². The molecule has 4 saturated carbocycles. The molecule has 2 atom stereocenters. The van der Waals surface area contributed by atoms with Crippen LogP contribution >= 0.6 is 0 Å². The minimum Gasteiger partial charge on any atom is -0.503 e. The molecule has 0 radical (unpaired) electrons. The molecule has 2 unspecified atom stereocenters. The number of carbonyl (C=O) groups excluding carboxylic acids is 3. The average Bonchev–Trinajstić information content (AvgIpc) is 1.63. The van der Waals surface area contributed by atoms with Crippen LogP contribution in [-0.4, -0.2) is 52.4 Å². The van der Waals surface area contributed by atoms with Crippen LogP contribution < -0.4 is 9.47 Å². The Morgan fingerprint density at radius 2 is 0.719 bits per heavy atom. The number of phenols is 2. The van der Waals surface area contributed by atoms with Gasteiger partial charge in [-0.15, -0.1) is 0 Å². The molecule has 0 aliphatic heterocycles. The number of halogens is 12. The summed E-state index contributed by atoms with van der Waals surface area (Å²) in [6, 6.07) is 64.3. The standard InChI is InChI=1S/C21H20F6O6.2C18H15S.C9H4F6O3/c1-19(26,27)17(29)31-8-20-3-9-2-10(4-20)6-21(5-9,7-20)33-18(30)32-16-13(24)11(22)15(28)12(23)14(16)25;2*1-4-10-16(11-5-1)19(17-12-6-2-7-13-17)18-14-8-3-9-15-18;1-9(14,15)8(17)18-7-4(12)2(10)6(16)3(11)5(7)13/h9-10,28H,2-8H2,1H3;2*1-15H;16H,1H3/q;2*+1;. The van der Waals surface area contributed by atoms with Gasteiger partial charge in [0.05, 0.1) is 28.4 Å². The molecule has 89 heavy (non-hydrogen) atoms. The lowest BCUT2D eigenvalue weighted by atomic mass is 9.48. The maximum atomic E-state index is 13.9. The first-order chi connectivity index (χ1) is 42.2. The number of esters is 2. The van der Waals surface area contributed by atoms with Gasteiger partial charge in [-0.2, -0.15) is 52.7 Å². The third-order valence-electron chi connectivity index (χ3n) is 14.3. The molecule has 9 nitrogen and oxygen atoms in total. The van der Waals surface area contributed by atoms with Crippen LogP contribution in [0.5, 0.6) is 23.0 Å². The average molecular weight is 1280 g/mol. The summed E-state index contributed by atoms with van der Waals surface area (Å²) in [5, 5.41) is 17.6. The lowest BCUT2D eigenvalue weighted by molar-refractivity contribution is -0.199. The Morgan fingerprint density at radius 3 is 1.00 bits per heavy atom. The fourth-order valence-electron chi connectivity index (χ4n) is 11.0. The summed E-state index contributed by atoms with van der Waals surface area (Å²) < 4.78 is 176. The Morgan fingerprint density at radius 1 is 0.438 bits per heavy atom. The van der Waals surface area contributed by atoms with Gasteiger partial charge in [-0.25, -0.2) is 14.4 Å². The van der Waals surface area contributed by atoms with Crippen molar-refractivity contribution >= 4 is 39.9 Å². The Kier molecular flexibility index (Phi) is 21.1. The van der Waals surface area contributed by atoms with E-state index >= 15 is 0 Å². The predicted molar refractivity (Wildman–Crippen MR) is 304 cm³/mol. The summed E-state index contributed by atoms with van der Waals surface area (Å²) in [7, 11) is -0.0293. The van der Waals surface area contributed by atoms with E-state index in [9.17, 15) is 67.1 Å². The highest BCUT2D eigenvalue weighted by atomic mass is 32.2. The summed E-state index contributed by atoms with van der Waals surface area (Å²) >= 11 is 0. The van der Waals surface area contributed by atoms with Crippen molar-refractivity contribution < 1.29 is 96.2 Å². The van der Waals surface area contributed by atoms with Crippen molar-refractivity contribution in [1.29, 1.82) is 0 Å². The number of ether oxygens (including phenoxy) is 4. The van der Waals surface area contributed by atoms with Gasteiger partial charge in [-0.3, -0.25) is 0 Å². The quantitative estimate of drug-likeness (QED) is 0.0290. The fourth-order valence-corrected chi connectivity index (χ4v) is 15.2. The highest BCUT2D eigenvalue weighted by Gasteiger charge is 2.60. The Hall–Kier alpha value is -8.57. The van der Waals surface area contributed by atoms with Gasteiger partial charge >= 0.3 is 29.9 Å². The lowest BCUT2D eigenvalue weighted by Gasteiger charge is -2.60. The van der Waals surface area contributed by atoms with Crippen molar-refractivity contribution in [2.24, 2.45) is 17.3 Å². The summed E-state index contributed by atoms with van der Waals surface area (Å²) in [4.78, 5) is 42.7. The number of benzene rings is 8. The van der Waals surface area contributed by atoms with E-state index in [-0.39, 0.29) is 53.6 Å². The third-order valence-corrected chi connectivity index (χ3v) is 18.8. The predicted octanol–water partition coefficient (Wildman–Crippen LogP) is 17.1. The van der Waals surface area contributed by atoms with Gasteiger partial charge < -0.3 is 29.2 Å². The lowest BCUT2D eigenvalue weighted by Crippen LogP contribution is -2.59. The molecule has 4 fully saturated rings. The van der Waals surface area contributed by atoms with Gasteiger partial charge in [0, 0.05) is 19.3 Å². The Labute approximate surface area is 508 Å². The number of hydrogen-bond donors (Lipinski definition) is 2. The van der Waals surface area contributed by atoms with Crippen molar-refractivity contribution in [2.75, 3.05) is 6.61 Å². The van der Waals surface area contributed by atoms with Crippen molar-refractivity contribution in [1.82, 2.24) is 0 Å². The van der Waals surface area contributed by atoms with Gasteiger partial charge in [0.2, 0.25) is 58.0 Å². The van der Waals surface area contributed by atoms with E-state index < -0.39 is 110 Å². The third kappa shape index (κ3) is 16.0. The van der Waals surface area contributed by atoms with Crippen molar-refractivity contribution in [3.8, 4) is 23.0 Å². The van der Waals surface area contributed by atoms with E-state index in [1.54, 1.807) is 0 Å². The molecular formula is C66H54F12O9S2+2. The van der Waals surface area contributed by atoms with Gasteiger partial charge in [0.1, 0.15) is 5.60 Å². The first-order valence-corrected chi connectivity index (χ1v) is 29.6. The van der Waals surface area contributed by atoms with Crippen molar-refractivity contribution in [3.05, 3.63) is 229 Å². The first kappa shape index (κ1) is 66.4. The number of carbonyl (C=O) groups is 3. The highest BCUT2D eigenvalue weighted by Crippen LogP contribution is 2.63. The highest BCUT2D eigenvalue weighted by molar-refractivity contribution is 7.97. The molecule has 0 aromatic heterocycles. The summed E-state index contributed by atoms with van der Waals surface area (Å²) in [6.45, 7) is 0.168. The number of hydrogen-bond acceptors (Lipinski definition) is 9. The maximum absolute atomic E-state index is 13.9. The SMILES string of the molecule is CC(F)(F)C(=O)OCC12CC3CC(C1)CC(OC(=O)Oc1c(F)c(F)c(O)c(F)c1F)(C3)C2.CC(F)(F)C(=O)Oc1c(F)c(F)c(O)c(F)c1F.c1ccc([S+](c2ccccc2)c2ccccc2)cc1.c1ccc([S+](c2ccccc2)c2ccccc2)cc1. The van der Waals surface area contributed by atoms with Crippen LogP contribution in [0, 0.1) is 63.8 Å². The Bertz CT molecular complexity index is 3360. The molecule has 0 saturated heterocycles. The molecular weight excluding hydrogens is 1230 g/mol. The second-order valence-corrected chi connectivity index (χ2v) is 25.3. The monoisotopic (exact) mass is 1280 g/mol. The van der Waals surface area contributed by atoms with E-state index in [0.717, 1.165) is 6.42 Å². The minimum atomic E-state index is -4.12. The molecule has 4 aliphatic carbocycles. The Balaban J connectivity index is 0.000000160. The summed E-state index contributed by atoms with van der Waals surface area (Å²) in [5.41, 5.74) is -1.90. The van der Waals surface area contributed by atoms with Crippen LogP contribution in [0.15, 0.2) is 211 Å². The second kappa shape index (κ2) is 28.3. The van der Waals surface area contributed by atoms with Gasteiger partial charge in [0.25, 0.3) is 0 Å². The van der Waals surface area contributed by atoms with Crippen LogP contribution in [0.4, 0.5) is 57.5 Å². The number of phenolic OH excluding ortho intramolecular Hbond substituents is 2. The maximum Gasteiger partial charge on any atom is 0.514 e. The molecule has 12 rings (SSSR count). The van der Waals surface area contributed by atoms with Crippen LogP contribution in [0.3, 0.4) is 0 Å². The van der Waals surface area contributed by atoms with Crippen molar-refractivity contribution in [3.63, 3.8) is 0 Å². The smallest absolute Gasteiger partial charge is 0.503 e. The molecule has 2 N–H and O–H groups in total. The molecule has 4 bridgehead atoms. The van der Waals surface area contributed by atoms with E-state index in [1.807, 2.05) is 0 Å². The van der Waals surface area contributed by atoms with Crippen molar-refractivity contribution in [2.45, 2.75) is 99.2 Å². The van der Waals surface area contributed by atoms with E-state index in [0.29, 0.717) is 32.6 Å². The van der Waals surface area contributed by atoms with E-state index in [2.05, 4.69) is 191 Å².